The average Bonchev–Trinajstić information content (AvgIpc) is 2.57. The predicted molar refractivity (Wildman–Crippen MR) is 74.8 cm³/mol. The van der Waals surface area contributed by atoms with Crippen LogP contribution >= 0.6 is 0 Å². The summed E-state index contributed by atoms with van der Waals surface area (Å²) in [5.74, 6) is 0.919. The zero-order chi connectivity index (χ0) is 14.0. The third kappa shape index (κ3) is 3.22. The number of sulfonamides is 1. The highest BCUT2D eigenvalue weighted by Gasteiger charge is 2.22. The molecule has 0 bridgehead atoms. The van der Waals surface area contributed by atoms with E-state index in [0.717, 1.165) is 30.0 Å². The standard InChI is InChI=1S/C12H20N4O2S/c1-10-11(2)13-9-14-12(10)15-5-4-6-16(8-7-15)19(3,17)18/h9H,4-8H2,1-3H3. The molecule has 6 nitrogen and oxygen atoms in total. The van der Waals surface area contributed by atoms with Gasteiger partial charge in [-0.15, -0.1) is 0 Å². The summed E-state index contributed by atoms with van der Waals surface area (Å²) in [6.45, 7) is 6.55. The average molecular weight is 284 g/mol. The van der Waals surface area contributed by atoms with Crippen molar-refractivity contribution in [3.63, 3.8) is 0 Å². The Balaban J connectivity index is 2.18. The number of aryl methyl sites for hydroxylation is 1. The lowest BCUT2D eigenvalue weighted by molar-refractivity contribution is 0.437. The molecule has 1 aliphatic heterocycles. The van der Waals surface area contributed by atoms with Crippen molar-refractivity contribution in [1.29, 1.82) is 0 Å². The molecule has 1 aromatic rings. The Kier molecular flexibility index (Phi) is 4.05. The van der Waals surface area contributed by atoms with Crippen molar-refractivity contribution < 1.29 is 8.42 Å². The van der Waals surface area contributed by atoms with Crippen molar-refractivity contribution >= 4 is 15.8 Å². The molecular weight excluding hydrogens is 264 g/mol. The number of hydrogen-bond donors (Lipinski definition) is 0. The van der Waals surface area contributed by atoms with E-state index < -0.39 is 10.0 Å². The Morgan fingerprint density at radius 3 is 2.53 bits per heavy atom. The van der Waals surface area contributed by atoms with Crippen molar-refractivity contribution in [3.05, 3.63) is 17.6 Å². The van der Waals surface area contributed by atoms with Crippen LogP contribution in [0.1, 0.15) is 17.7 Å². The van der Waals surface area contributed by atoms with Crippen LogP contribution in [0, 0.1) is 13.8 Å². The normalized spacial score (nSPS) is 18.4. The number of anilines is 1. The monoisotopic (exact) mass is 284 g/mol. The molecule has 1 fully saturated rings. The maximum atomic E-state index is 11.6. The number of nitrogens with zero attached hydrogens (tertiary/aromatic N) is 4. The zero-order valence-corrected chi connectivity index (χ0v) is 12.4. The van der Waals surface area contributed by atoms with Gasteiger partial charge in [0, 0.05) is 37.4 Å². The minimum atomic E-state index is -3.10. The van der Waals surface area contributed by atoms with E-state index in [4.69, 9.17) is 0 Å². The highest BCUT2D eigenvalue weighted by Crippen LogP contribution is 2.20. The Bertz CT molecular complexity index is 559. The molecule has 19 heavy (non-hydrogen) atoms. The maximum absolute atomic E-state index is 11.6. The van der Waals surface area contributed by atoms with Gasteiger partial charge in [-0.1, -0.05) is 0 Å². The topological polar surface area (TPSA) is 66.4 Å². The van der Waals surface area contributed by atoms with Crippen LogP contribution in [0.5, 0.6) is 0 Å². The van der Waals surface area contributed by atoms with Crippen LogP contribution in [0.4, 0.5) is 5.82 Å². The second-order valence-electron chi connectivity index (χ2n) is 4.91. The molecule has 0 unspecified atom stereocenters. The van der Waals surface area contributed by atoms with E-state index in [1.165, 1.54) is 10.6 Å². The van der Waals surface area contributed by atoms with E-state index in [2.05, 4.69) is 14.9 Å². The van der Waals surface area contributed by atoms with Gasteiger partial charge in [0.05, 0.1) is 6.26 Å². The minimum absolute atomic E-state index is 0.515. The molecule has 0 radical (unpaired) electrons. The molecule has 0 spiro atoms. The third-order valence-corrected chi connectivity index (χ3v) is 4.84. The smallest absolute Gasteiger partial charge is 0.211 e. The number of aromatic nitrogens is 2. The molecule has 0 atom stereocenters. The Labute approximate surface area is 114 Å². The van der Waals surface area contributed by atoms with E-state index in [-0.39, 0.29) is 0 Å². The maximum Gasteiger partial charge on any atom is 0.211 e. The summed E-state index contributed by atoms with van der Waals surface area (Å²) in [5.41, 5.74) is 2.03. The molecule has 106 valence electrons. The van der Waals surface area contributed by atoms with Gasteiger partial charge in [0.2, 0.25) is 10.0 Å². The molecule has 7 heteroatoms. The number of hydrogen-bond acceptors (Lipinski definition) is 5. The molecule has 1 aromatic heterocycles. The van der Waals surface area contributed by atoms with Crippen molar-refractivity contribution in [2.45, 2.75) is 20.3 Å². The lowest BCUT2D eigenvalue weighted by Crippen LogP contribution is -2.34. The first kappa shape index (κ1) is 14.2. The van der Waals surface area contributed by atoms with Gasteiger partial charge in [-0.25, -0.2) is 22.7 Å². The first-order valence-electron chi connectivity index (χ1n) is 6.38. The second kappa shape index (κ2) is 5.42. The second-order valence-corrected chi connectivity index (χ2v) is 6.89. The van der Waals surface area contributed by atoms with E-state index in [1.54, 1.807) is 6.33 Å². The molecule has 0 amide bonds. The van der Waals surface area contributed by atoms with Crippen LogP contribution in [0.15, 0.2) is 6.33 Å². The molecule has 1 aliphatic rings. The van der Waals surface area contributed by atoms with Crippen molar-refractivity contribution in [2.24, 2.45) is 0 Å². The minimum Gasteiger partial charge on any atom is -0.355 e. The lowest BCUT2D eigenvalue weighted by Gasteiger charge is -2.23. The van der Waals surface area contributed by atoms with Gasteiger partial charge in [-0.05, 0) is 20.3 Å². The van der Waals surface area contributed by atoms with Crippen LogP contribution in [-0.4, -0.2) is 55.1 Å². The van der Waals surface area contributed by atoms with Crippen molar-refractivity contribution in [3.8, 4) is 0 Å². The summed E-state index contributed by atoms with van der Waals surface area (Å²) >= 11 is 0. The molecule has 0 N–H and O–H groups in total. The summed E-state index contributed by atoms with van der Waals surface area (Å²) < 4.78 is 24.7. The molecule has 2 rings (SSSR count). The van der Waals surface area contributed by atoms with Gasteiger partial charge < -0.3 is 4.90 Å². The van der Waals surface area contributed by atoms with Crippen molar-refractivity contribution in [1.82, 2.24) is 14.3 Å². The van der Waals surface area contributed by atoms with E-state index in [1.807, 2.05) is 13.8 Å². The van der Waals surface area contributed by atoms with Gasteiger partial charge in [-0.3, -0.25) is 0 Å². The first-order chi connectivity index (χ1) is 8.89. The summed E-state index contributed by atoms with van der Waals surface area (Å²) in [6.07, 6.45) is 3.65. The largest absolute Gasteiger partial charge is 0.355 e. The SMILES string of the molecule is Cc1ncnc(N2CCCN(S(C)(=O)=O)CC2)c1C. The third-order valence-electron chi connectivity index (χ3n) is 3.53. The summed E-state index contributed by atoms with van der Waals surface area (Å²) in [4.78, 5) is 10.7. The molecular formula is C12H20N4O2S. The van der Waals surface area contributed by atoms with Gasteiger partial charge >= 0.3 is 0 Å². The fourth-order valence-corrected chi connectivity index (χ4v) is 3.16. The van der Waals surface area contributed by atoms with Crippen LogP contribution in [0.2, 0.25) is 0 Å². The quantitative estimate of drug-likeness (QED) is 0.794. The molecule has 1 saturated heterocycles. The Morgan fingerprint density at radius 1 is 1.11 bits per heavy atom. The van der Waals surface area contributed by atoms with Gasteiger partial charge in [0.25, 0.3) is 0 Å². The highest BCUT2D eigenvalue weighted by molar-refractivity contribution is 7.88. The predicted octanol–water partition coefficient (Wildman–Crippen LogP) is 0.565. The molecule has 2 heterocycles. The van der Waals surface area contributed by atoms with Crippen LogP contribution in [0.3, 0.4) is 0 Å². The van der Waals surface area contributed by atoms with Crippen LogP contribution in [0.25, 0.3) is 0 Å². The molecule has 0 saturated carbocycles. The fourth-order valence-electron chi connectivity index (χ4n) is 2.28. The lowest BCUT2D eigenvalue weighted by atomic mass is 10.2. The van der Waals surface area contributed by atoms with E-state index >= 15 is 0 Å². The summed E-state index contributed by atoms with van der Waals surface area (Å²) in [6, 6.07) is 0. The van der Waals surface area contributed by atoms with Gasteiger partial charge in [0.15, 0.2) is 0 Å². The zero-order valence-electron chi connectivity index (χ0n) is 11.6. The first-order valence-corrected chi connectivity index (χ1v) is 8.22. The van der Waals surface area contributed by atoms with Gasteiger partial charge in [0.1, 0.15) is 12.1 Å². The van der Waals surface area contributed by atoms with Crippen molar-refractivity contribution in [2.75, 3.05) is 37.3 Å². The van der Waals surface area contributed by atoms with Crippen LogP contribution < -0.4 is 4.90 Å². The summed E-state index contributed by atoms with van der Waals surface area (Å²) in [7, 11) is -3.10. The van der Waals surface area contributed by atoms with Crippen LogP contribution in [-0.2, 0) is 10.0 Å². The molecule has 0 aromatic carbocycles. The highest BCUT2D eigenvalue weighted by atomic mass is 32.2. The molecule has 0 aliphatic carbocycles. The van der Waals surface area contributed by atoms with E-state index in [9.17, 15) is 8.42 Å². The van der Waals surface area contributed by atoms with Gasteiger partial charge in [-0.2, -0.15) is 0 Å². The Morgan fingerprint density at radius 2 is 1.84 bits per heavy atom. The fraction of sp³-hybridized carbons (Fsp3) is 0.667. The number of rotatable bonds is 2. The van der Waals surface area contributed by atoms with E-state index in [0.29, 0.717) is 19.6 Å². The Hall–Kier alpha value is -1.21. The summed E-state index contributed by atoms with van der Waals surface area (Å²) in [5, 5.41) is 0.